The summed E-state index contributed by atoms with van der Waals surface area (Å²) in [6, 6.07) is 0. The Morgan fingerprint density at radius 3 is 1.86 bits per heavy atom. The first kappa shape index (κ1) is 6.13. The molecule has 0 bridgehead atoms. The van der Waals surface area contributed by atoms with Crippen LogP contribution in [0, 0.1) is 0 Å². The fourth-order valence-electron chi connectivity index (χ4n) is 0.113. The van der Waals surface area contributed by atoms with Gasteiger partial charge in [0, 0.05) is 0 Å². The van der Waals surface area contributed by atoms with Gasteiger partial charge in [-0.1, -0.05) is 0 Å². The first-order valence-corrected chi connectivity index (χ1v) is 1.50. The van der Waals surface area contributed by atoms with E-state index in [9.17, 15) is 8.78 Å². The van der Waals surface area contributed by atoms with Crippen LogP contribution >= 0.6 is 0 Å². The van der Waals surface area contributed by atoms with Gasteiger partial charge in [0.15, 0.2) is 5.96 Å². The van der Waals surface area contributed by atoms with Crippen molar-refractivity contribution in [3.05, 3.63) is 0 Å². The number of aliphatic imine (C=N–C) groups is 1. The second-order valence-corrected chi connectivity index (χ2v) is 0.832. The van der Waals surface area contributed by atoms with Gasteiger partial charge in [-0.25, -0.2) is 0 Å². The van der Waals surface area contributed by atoms with Gasteiger partial charge in [0.2, 0.25) is 0 Å². The molecule has 0 spiro atoms. The molecular formula is C2H5F2N3. The molecule has 0 aliphatic carbocycles. The van der Waals surface area contributed by atoms with E-state index in [1.807, 2.05) is 0 Å². The molecule has 0 aromatic heterocycles. The largest absolute Gasteiger partial charge is 0.370 e. The highest BCUT2D eigenvalue weighted by Gasteiger charge is 1.93. The third-order valence-electron chi connectivity index (χ3n) is 0.247. The van der Waals surface area contributed by atoms with Gasteiger partial charge in [-0.3, -0.25) is 0 Å². The highest BCUT2D eigenvalue weighted by molar-refractivity contribution is 5.75. The molecule has 0 aliphatic heterocycles. The molecule has 0 aromatic rings. The van der Waals surface area contributed by atoms with Crippen molar-refractivity contribution in [1.29, 1.82) is 0 Å². The Morgan fingerprint density at radius 1 is 1.43 bits per heavy atom. The molecule has 0 fully saturated rings. The first-order chi connectivity index (χ1) is 3.13. The van der Waals surface area contributed by atoms with Gasteiger partial charge >= 0.3 is 6.55 Å². The predicted molar refractivity (Wildman–Crippen MR) is 21.8 cm³/mol. The molecule has 0 saturated heterocycles. The van der Waals surface area contributed by atoms with E-state index in [-0.39, 0.29) is 0 Å². The molecule has 0 unspecified atom stereocenters. The van der Waals surface area contributed by atoms with Crippen LogP contribution in [0.1, 0.15) is 0 Å². The smallest absolute Gasteiger partial charge is 0.334 e. The molecule has 0 radical (unpaired) electrons. The molecule has 0 aliphatic rings. The molecule has 7 heavy (non-hydrogen) atoms. The molecule has 5 heteroatoms. The second-order valence-electron chi connectivity index (χ2n) is 0.832. The van der Waals surface area contributed by atoms with Gasteiger partial charge < -0.3 is 11.5 Å². The molecule has 42 valence electrons. The summed E-state index contributed by atoms with van der Waals surface area (Å²) in [5.74, 6) is -0.588. The Bertz CT molecular complexity index is 75.0. The zero-order valence-corrected chi connectivity index (χ0v) is 3.44. The molecule has 0 rings (SSSR count). The zero-order valence-electron chi connectivity index (χ0n) is 3.44. The molecular weight excluding hydrogens is 104 g/mol. The molecule has 0 heterocycles. The number of guanidine groups is 1. The van der Waals surface area contributed by atoms with Crippen molar-refractivity contribution in [2.45, 2.75) is 6.55 Å². The lowest BCUT2D eigenvalue weighted by atomic mass is 11.0. The van der Waals surface area contributed by atoms with E-state index in [4.69, 9.17) is 0 Å². The Kier molecular flexibility index (Phi) is 2.04. The number of halogens is 2. The third-order valence-corrected chi connectivity index (χ3v) is 0.247. The van der Waals surface area contributed by atoms with Crippen molar-refractivity contribution in [3.63, 3.8) is 0 Å². The van der Waals surface area contributed by atoms with E-state index < -0.39 is 12.5 Å². The van der Waals surface area contributed by atoms with Crippen molar-refractivity contribution >= 4 is 5.96 Å². The summed E-state index contributed by atoms with van der Waals surface area (Å²) in [5, 5.41) is 0. The summed E-state index contributed by atoms with van der Waals surface area (Å²) in [6.07, 6.45) is 0. The number of nitrogens with two attached hydrogens (primary N) is 2. The molecule has 0 aromatic carbocycles. The Hall–Kier alpha value is -0.870. The number of hydrogen-bond donors (Lipinski definition) is 2. The minimum atomic E-state index is -2.79. The minimum absolute atomic E-state index is 0.588. The average Bonchev–Trinajstić information content (AvgIpc) is 1.27. The van der Waals surface area contributed by atoms with Crippen molar-refractivity contribution < 1.29 is 8.78 Å². The van der Waals surface area contributed by atoms with E-state index in [1.165, 1.54) is 0 Å². The lowest BCUT2D eigenvalue weighted by Crippen LogP contribution is -2.23. The molecule has 4 N–H and O–H groups in total. The Labute approximate surface area is 39.0 Å². The van der Waals surface area contributed by atoms with Gasteiger partial charge in [0.1, 0.15) is 0 Å². The van der Waals surface area contributed by atoms with Crippen molar-refractivity contribution in [1.82, 2.24) is 0 Å². The first-order valence-electron chi connectivity index (χ1n) is 1.50. The van der Waals surface area contributed by atoms with Crippen molar-refractivity contribution in [2.24, 2.45) is 16.5 Å². The van der Waals surface area contributed by atoms with Crippen LogP contribution in [0.3, 0.4) is 0 Å². The number of nitrogens with zero attached hydrogens (tertiary/aromatic N) is 1. The van der Waals surface area contributed by atoms with Gasteiger partial charge in [-0.15, -0.1) is 0 Å². The molecule has 0 amide bonds. The van der Waals surface area contributed by atoms with Gasteiger partial charge in [0.25, 0.3) is 0 Å². The highest BCUT2D eigenvalue weighted by atomic mass is 19.3. The minimum Gasteiger partial charge on any atom is -0.370 e. The average molecular weight is 109 g/mol. The van der Waals surface area contributed by atoms with E-state index >= 15 is 0 Å². The maximum absolute atomic E-state index is 10.9. The van der Waals surface area contributed by atoms with Crippen LogP contribution in [-0.4, -0.2) is 12.5 Å². The predicted octanol–water partition coefficient (Wildman–Crippen LogP) is -0.518. The normalized spacial score (nSPS) is 9.00. The van der Waals surface area contributed by atoms with Gasteiger partial charge in [0.05, 0.1) is 0 Å². The van der Waals surface area contributed by atoms with Crippen LogP contribution in [0.25, 0.3) is 0 Å². The standard InChI is InChI=1S/C2H5F2N3/c3-1(4)7-2(5)6/h1H,(H4,5,6,7). The maximum Gasteiger partial charge on any atom is 0.334 e. The van der Waals surface area contributed by atoms with Crippen LogP contribution < -0.4 is 11.5 Å². The van der Waals surface area contributed by atoms with E-state index in [1.54, 1.807) is 0 Å². The quantitative estimate of drug-likeness (QED) is 0.270. The second kappa shape index (κ2) is 2.33. The van der Waals surface area contributed by atoms with Crippen LogP contribution in [0.15, 0.2) is 4.99 Å². The summed E-state index contributed by atoms with van der Waals surface area (Å²) >= 11 is 0. The third kappa shape index (κ3) is 5.13. The highest BCUT2D eigenvalue weighted by Crippen LogP contribution is 1.89. The molecule has 0 atom stereocenters. The van der Waals surface area contributed by atoms with Gasteiger partial charge in [-0.2, -0.15) is 13.8 Å². The molecule has 3 nitrogen and oxygen atoms in total. The summed E-state index contributed by atoms with van der Waals surface area (Å²) in [6.45, 7) is -2.79. The van der Waals surface area contributed by atoms with Crippen molar-refractivity contribution in [2.75, 3.05) is 0 Å². The lowest BCUT2D eigenvalue weighted by molar-refractivity contribution is 0.159. The van der Waals surface area contributed by atoms with Crippen molar-refractivity contribution in [3.8, 4) is 0 Å². The van der Waals surface area contributed by atoms with Crippen LogP contribution in [0.4, 0.5) is 8.78 Å². The summed E-state index contributed by atoms with van der Waals surface area (Å²) < 4.78 is 21.9. The topological polar surface area (TPSA) is 64.4 Å². The summed E-state index contributed by atoms with van der Waals surface area (Å²) in [5.41, 5.74) is 9.08. The SMILES string of the molecule is NC(N)=NC(F)F. The lowest BCUT2D eigenvalue weighted by Gasteiger charge is -1.87. The Morgan fingerprint density at radius 2 is 1.86 bits per heavy atom. The zero-order chi connectivity index (χ0) is 5.86. The van der Waals surface area contributed by atoms with E-state index in [0.29, 0.717) is 0 Å². The maximum atomic E-state index is 10.9. The summed E-state index contributed by atoms with van der Waals surface area (Å²) in [4.78, 5) is 2.42. The van der Waals surface area contributed by atoms with Crippen LogP contribution in [0.2, 0.25) is 0 Å². The van der Waals surface area contributed by atoms with E-state index in [2.05, 4.69) is 16.5 Å². The number of alkyl halides is 2. The van der Waals surface area contributed by atoms with Crippen LogP contribution in [0.5, 0.6) is 0 Å². The Balaban J connectivity index is 3.45. The fourth-order valence-corrected chi connectivity index (χ4v) is 0.113. The summed E-state index contributed by atoms with van der Waals surface area (Å²) in [7, 11) is 0. The monoisotopic (exact) mass is 109 g/mol. The van der Waals surface area contributed by atoms with Gasteiger partial charge in [-0.05, 0) is 0 Å². The number of rotatable bonds is 1. The fraction of sp³-hybridized carbons (Fsp3) is 0.500. The van der Waals surface area contributed by atoms with E-state index in [0.717, 1.165) is 0 Å². The molecule has 0 saturated carbocycles. The van der Waals surface area contributed by atoms with Crippen LogP contribution in [-0.2, 0) is 0 Å². The number of hydrogen-bond acceptors (Lipinski definition) is 1.